The summed E-state index contributed by atoms with van der Waals surface area (Å²) in [5.74, 6) is -0.263. The molecule has 1 amide bonds. The third-order valence-electron chi connectivity index (χ3n) is 3.33. The van der Waals surface area contributed by atoms with Gasteiger partial charge in [0.1, 0.15) is 5.54 Å². The van der Waals surface area contributed by atoms with Crippen LogP contribution in [0.3, 0.4) is 0 Å². The van der Waals surface area contributed by atoms with Crippen LogP contribution in [0.25, 0.3) is 0 Å². The largest absolute Gasteiger partial charge is 0.368 e. The quantitative estimate of drug-likeness (QED) is 0.704. The van der Waals surface area contributed by atoms with Gasteiger partial charge in [-0.3, -0.25) is 10.1 Å². The van der Waals surface area contributed by atoms with E-state index in [0.29, 0.717) is 13.1 Å². The zero-order valence-electron chi connectivity index (χ0n) is 9.91. The van der Waals surface area contributed by atoms with E-state index in [9.17, 15) is 4.79 Å². The van der Waals surface area contributed by atoms with E-state index in [2.05, 4.69) is 10.6 Å². The van der Waals surface area contributed by atoms with Crippen molar-refractivity contribution in [3.05, 3.63) is 35.9 Å². The number of nitrogens with two attached hydrogens (primary N) is 1. The maximum absolute atomic E-state index is 11.6. The molecule has 0 aliphatic carbocycles. The van der Waals surface area contributed by atoms with Crippen molar-refractivity contribution >= 4 is 5.91 Å². The first kappa shape index (κ1) is 12.1. The number of hydrogen-bond acceptors (Lipinski definition) is 3. The second-order valence-corrected chi connectivity index (χ2v) is 4.57. The monoisotopic (exact) mass is 233 g/mol. The summed E-state index contributed by atoms with van der Waals surface area (Å²) in [6.07, 6.45) is 1.78. The Labute approximate surface area is 102 Å². The third-order valence-corrected chi connectivity index (χ3v) is 3.33. The van der Waals surface area contributed by atoms with Crippen molar-refractivity contribution in [2.24, 2.45) is 5.73 Å². The van der Waals surface area contributed by atoms with Gasteiger partial charge in [0.2, 0.25) is 5.91 Å². The van der Waals surface area contributed by atoms with E-state index in [-0.39, 0.29) is 5.91 Å². The van der Waals surface area contributed by atoms with Gasteiger partial charge < -0.3 is 11.1 Å². The number of benzene rings is 1. The summed E-state index contributed by atoms with van der Waals surface area (Å²) in [6, 6.07) is 10.0. The highest BCUT2D eigenvalue weighted by Gasteiger charge is 2.37. The summed E-state index contributed by atoms with van der Waals surface area (Å²) in [6.45, 7) is 2.25. The van der Waals surface area contributed by atoms with Crippen LogP contribution in [0.4, 0.5) is 0 Å². The van der Waals surface area contributed by atoms with Gasteiger partial charge in [0.15, 0.2) is 0 Å². The summed E-state index contributed by atoms with van der Waals surface area (Å²) in [5.41, 5.74) is 6.10. The van der Waals surface area contributed by atoms with Gasteiger partial charge in [0.25, 0.3) is 0 Å². The average molecular weight is 233 g/mol. The Bertz CT molecular complexity index is 372. The fraction of sp³-hybridized carbons (Fsp3) is 0.462. The van der Waals surface area contributed by atoms with Crippen LogP contribution in [-0.4, -0.2) is 24.5 Å². The number of carbonyl (C=O) groups is 1. The van der Waals surface area contributed by atoms with E-state index in [1.165, 1.54) is 5.56 Å². The van der Waals surface area contributed by atoms with E-state index < -0.39 is 5.54 Å². The molecule has 1 heterocycles. The molecule has 1 fully saturated rings. The lowest BCUT2D eigenvalue weighted by Crippen LogP contribution is -2.63. The van der Waals surface area contributed by atoms with Crippen molar-refractivity contribution in [1.82, 2.24) is 10.6 Å². The number of hydrogen-bond donors (Lipinski definition) is 3. The number of nitrogens with one attached hydrogen (secondary N) is 2. The molecule has 1 aromatic carbocycles. The predicted octanol–water partition coefficient (Wildman–Crippen LogP) is 0.384. The minimum Gasteiger partial charge on any atom is -0.368 e. The highest BCUT2D eigenvalue weighted by molar-refractivity contribution is 5.85. The van der Waals surface area contributed by atoms with E-state index in [1.54, 1.807) is 0 Å². The molecule has 0 aromatic heterocycles. The third kappa shape index (κ3) is 2.84. The maximum Gasteiger partial charge on any atom is 0.239 e. The second-order valence-electron chi connectivity index (χ2n) is 4.57. The standard InChI is InChI=1S/C13H19N3O/c14-12(17)13(7-4-8-15-10-13)16-9-11-5-2-1-3-6-11/h1-3,5-6,15-16H,4,7-10H2,(H2,14,17). The molecule has 1 unspecified atom stereocenters. The molecule has 4 heteroatoms. The first-order valence-electron chi connectivity index (χ1n) is 6.02. The highest BCUT2D eigenvalue weighted by Crippen LogP contribution is 2.16. The van der Waals surface area contributed by atoms with Crippen LogP contribution in [0.15, 0.2) is 30.3 Å². The lowest BCUT2D eigenvalue weighted by molar-refractivity contribution is -0.125. The lowest BCUT2D eigenvalue weighted by Gasteiger charge is -2.35. The van der Waals surface area contributed by atoms with Crippen LogP contribution < -0.4 is 16.4 Å². The Morgan fingerprint density at radius 2 is 2.18 bits per heavy atom. The van der Waals surface area contributed by atoms with Crippen molar-refractivity contribution in [3.63, 3.8) is 0 Å². The summed E-state index contributed by atoms with van der Waals surface area (Å²) >= 11 is 0. The van der Waals surface area contributed by atoms with Crippen LogP contribution in [0, 0.1) is 0 Å². The summed E-state index contributed by atoms with van der Waals surface area (Å²) in [5, 5.41) is 6.54. The molecule has 17 heavy (non-hydrogen) atoms. The number of rotatable bonds is 4. The minimum atomic E-state index is -0.589. The van der Waals surface area contributed by atoms with E-state index in [4.69, 9.17) is 5.73 Å². The van der Waals surface area contributed by atoms with Gasteiger partial charge in [-0.15, -0.1) is 0 Å². The Morgan fingerprint density at radius 3 is 2.76 bits per heavy atom. The number of primary amides is 1. The van der Waals surface area contributed by atoms with Crippen molar-refractivity contribution in [1.29, 1.82) is 0 Å². The molecule has 1 aliphatic heterocycles. The summed E-state index contributed by atoms with van der Waals surface area (Å²) in [7, 11) is 0. The molecule has 1 saturated heterocycles. The number of piperidine rings is 1. The molecule has 1 aliphatic rings. The number of carbonyl (C=O) groups excluding carboxylic acids is 1. The van der Waals surface area contributed by atoms with Gasteiger partial charge in [-0.05, 0) is 24.9 Å². The van der Waals surface area contributed by atoms with E-state index >= 15 is 0 Å². The fourth-order valence-electron chi connectivity index (χ4n) is 2.22. The molecule has 4 N–H and O–H groups in total. The Kier molecular flexibility index (Phi) is 3.76. The van der Waals surface area contributed by atoms with Crippen LogP contribution in [0.1, 0.15) is 18.4 Å². The smallest absolute Gasteiger partial charge is 0.239 e. The molecule has 1 aromatic rings. The van der Waals surface area contributed by atoms with Gasteiger partial charge >= 0.3 is 0 Å². The van der Waals surface area contributed by atoms with Gasteiger partial charge in [0, 0.05) is 13.1 Å². The molecule has 0 spiro atoms. The van der Waals surface area contributed by atoms with Gasteiger partial charge in [-0.2, -0.15) is 0 Å². The van der Waals surface area contributed by atoms with Crippen molar-refractivity contribution in [2.45, 2.75) is 24.9 Å². The molecule has 0 bridgehead atoms. The molecule has 4 nitrogen and oxygen atoms in total. The van der Waals surface area contributed by atoms with Crippen LogP contribution in [0.2, 0.25) is 0 Å². The molecule has 0 radical (unpaired) electrons. The second kappa shape index (κ2) is 5.29. The average Bonchev–Trinajstić information content (AvgIpc) is 2.38. The van der Waals surface area contributed by atoms with Gasteiger partial charge in [-0.25, -0.2) is 0 Å². The molecule has 92 valence electrons. The topological polar surface area (TPSA) is 67.2 Å². The Hall–Kier alpha value is -1.39. The van der Waals surface area contributed by atoms with E-state index in [1.807, 2.05) is 30.3 Å². The minimum absolute atomic E-state index is 0.263. The first-order chi connectivity index (χ1) is 8.23. The van der Waals surface area contributed by atoms with Crippen LogP contribution >= 0.6 is 0 Å². The zero-order chi connectivity index (χ0) is 12.1. The molecule has 0 saturated carbocycles. The summed E-state index contributed by atoms with van der Waals surface area (Å²) in [4.78, 5) is 11.6. The molecule has 1 atom stereocenters. The SMILES string of the molecule is NC(=O)C1(NCc2ccccc2)CCCNC1. The Balaban J connectivity index is 2.01. The van der Waals surface area contributed by atoms with Crippen molar-refractivity contribution in [2.75, 3.05) is 13.1 Å². The highest BCUT2D eigenvalue weighted by atomic mass is 16.1. The van der Waals surface area contributed by atoms with Gasteiger partial charge in [0.05, 0.1) is 0 Å². The van der Waals surface area contributed by atoms with Crippen LogP contribution in [-0.2, 0) is 11.3 Å². The predicted molar refractivity (Wildman–Crippen MR) is 67.3 cm³/mol. The molecular weight excluding hydrogens is 214 g/mol. The van der Waals surface area contributed by atoms with Crippen molar-refractivity contribution in [3.8, 4) is 0 Å². The Morgan fingerprint density at radius 1 is 1.41 bits per heavy atom. The lowest BCUT2D eigenvalue weighted by atomic mass is 9.89. The first-order valence-corrected chi connectivity index (χ1v) is 6.02. The van der Waals surface area contributed by atoms with Crippen molar-refractivity contribution < 1.29 is 4.79 Å². The summed E-state index contributed by atoms with van der Waals surface area (Å²) < 4.78 is 0. The molecular formula is C13H19N3O. The maximum atomic E-state index is 11.6. The van der Waals surface area contributed by atoms with Gasteiger partial charge in [-0.1, -0.05) is 30.3 Å². The fourth-order valence-corrected chi connectivity index (χ4v) is 2.22. The molecule has 2 rings (SSSR count). The normalized spacial score (nSPS) is 24.5. The van der Waals surface area contributed by atoms with Crippen LogP contribution in [0.5, 0.6) is 0 Å². The zero-order valence-corrected chi connectivity index (χ0v) is 9.91. The van der Waals surface area contributed by atoms with E-state index in [0.717, 1.165) is 19.4 Å². The number of amides is 1.